The van der Waals surface area contributed by atoms with Crippen LogP contribution in [0.25, 0.3) is 0 Å². The molecule has 0 saturated heterocycles. The minimum Gasteiger partial charge on any atom is -0.313 e. The standard InChI is InChI=1S/C10H14BrNO3S/c1-3-16(14,15)5-4-12-7-9(11)6-8(2)10(12)13/h6-7H,3-5H2,1-2H3. The lowest BCUT2D eigenvalue weighted by atomic mass is 10.3. The van der Waals surface area contributed by atoms with Crippen molar-refractivity contribution >= 4 is 25.8 Å². The lowest BCUT2D eigenvalue weighted by Gasteiger charge is -2.07. The van der Waals surface area contributed by atoms with Crippen molar-refractivity contribution in [1.29, 1.82) is 0 Å². The zero-order valence-corrected chi connectivity index (χ0v) is 11.6. The molecule has 0 spiro atoms. The first-order chi connectivity index (χ1) is 7.35. The SMILES string of the molecule is CCS(=O)(=O)CCn1cc(Br)cc(C)c1=O. The van der Waals surface area contributed by atoms with E-state index in [4.69, 9.17) is 0 Å². The molecule has 0 bridgehead atoms. The van der Waals surface area contributed by atoms with Gasteiger partial charge in [-0.15, -0.1) is 0 Å². The first kappa shape index (κ1) is 13.4. The number of halogens is 1. The second-order valence-corrected chi connectivity index (χ2v) is 6.96. The third-order valence-corrected chi connectivity index (χ3v) is 4.43. The van der Waals surface area contributed by atoms with Gasteiger partial charge in [0.05, 0.1) is 5.75 Å². The van der Waals surface area contributed by atoms with Crippen LogP contribution in [-0.2, 0) is 16.4 Å². The maximum Gasteiger partial charge on any atom is 0.253 e. The fourth-order valence-corrected chi connectivity index (χ4v) is 2.64. The van der Waals surface area contributed by atoms with Crippen molar-refractivity contribution in [3.05, 3.63) is 32.7 Å². The fraction of sp³-hybridized carbons (Fsp3) is 0.500. The zero-order chi connectivity index (χ0) is 12.3. The summed E-state index contributed by atoms with van der Waals surface area (Å²) in [6.07, 6.45) is 1.61. The molecule has 6 heteroatoms. The molecule has 90 valence electrons. The van der Waals surface area contributed by atoms with Gasteiger partial charge in [-0.25, -0.2) is 8.42 Å². The first-order valence-electron chi connectivity index (χ1n) is 4.92. The van der Waals surface area contributed by atoms with Crippen molar-refractivity contribution < 1.29 is 8.42 Å². The van der Waals surface area contributed by atoms with Gasteiger partial charge in [-0.2, -0.15) is 0 Å². The van der Waals surface area contributed by atoms with E-state index >= 15 is 0 Å². The number of hydrogen-bond donors (Lipinski definition) is 0. The summed E-state index contributed by atoms with van der Waals surface area (Å²) in [5.74, 6) is 0.105. The number of hydrogen-bond acceptors (Lipinski definition) is 3. The highest BCUT2D eigenvalue weighted by Gasteiger charge is 2.09. The number of nitrogens with zero attached hydrogens (tertiary/aromatic N) is 1. The molecule has 1 heterocycles. The van der Waals surface area contributed by atoms with E-state index in [1.54, 1.807) is 26.1 Å². The molecule has 1 rings (SSSR count). The van der Waals surface area contributed by atoms with Gasteiger partial charge in [0.1, 0.15) is 0 Å². The molecule has 0 radical (unpaired) electrons. The summed E-state index contributed by atoms with van der Waals surface area (Å²) >= 11 is 3.28. The molecule has 0 N–H and O–H groups in total. The van der Waals surface area contributed by atoms with E-state index in [0.717, 1.165) is 4.47 Å². The third kappa shape index (κ3) is 3.45. The molecule has 0 aliphatic heterocycles. The monoisotopic (exact) mass is 307 g/mol. The van der Waals surface area contributed by atoms with Gasteiger partial charge in [0.25, 0.3) is 5.56 Å². The van der Waals surface area contributed by atoms with Crippen molar-refractivity contribution in [1.82, 2.24) is 4.57 Å². The van der Waals surface area contributed by atoms with Crippen molar-refractivity contribution in [2.24, 2.45) is 0 Å². The molecule has 1 aromatic rings. The molecule has 16 heavy (non-hydrogen) atoms. The quantitative estimate of drug-likeness (QED) is 0.844. The smallest absolute Gasteiger partial charge is 0.253 e. The fourth-order valence-electron chi connectivity index (χ4n) is 1.29. The van der Waals surface area contributed by atoms with E-state index in [9.17, 15) is 13.2 Å². The number of aryl methyl sites for hydroxylation is 2. The van der Waals surface area contributed by atoms with Crippen LogP contribution in [0.4, 0.5) is 0 Å². The Bertz CT molecular complexity index is 533. The van der Waals surface area contributed by atoms with Gasteiger partial charge in [-0.3, -0.25) is 4.79 Å². The van der Waals surface area contributed by atoms with Crippen molar-refractivity contribution in [2.45, 2.75) is 20.4 Å². The van der Waals surface area contributed by atoms with Crippen LogP contribution in [0.3, 0.4) is 0 Å². The van der Waals surface area contributed by atoms with E-state index in [2.05, 4.69) is 15.9 Å². The van der Waals surface area contributed by atoms with Crippen molar-refractivity contribution in [3.8, 4) is 0 Å². The first-order valence-corrected chi connectivity index (χ1v) is 7.54. The van der Waals surface area contributed by atoms with Crippen LogP contribution < -0.4 is 5.56 Å². The highest BCUT2D eigenvalue weighted by Crippen LogP contribution is 2.08. The van der Waals surface area contributed by atoms with Crippen molar-refractivity contribution in [3.63, 3.8) is 0 Å². The summed E-state index contributed by atoms with van der Waals surface area (Å²) in [6, 6.07) is 1.72. The molecule has 1 aromatic heterocycles. The van der Waals surface area contributed by atoms with E-state index in [1.807, 2.05) is 0 Å². The lowest BCUT2D eigenvalue weighted by molar-refractivity contribution is 0.588. The summed E-state index contributed by atoms with van der Waals surface area (Å²) in [4.78, 5) is 11.7. The summed E-state index contributed by atoms with van der Waals surface area (Å²) in [6.45, 7) is 3.51. The molecular formula is C10H14BrNO3S. The van der Waals surface area contributed by atoms with E-state index in [1.165, 1.54) is 4.57 Å². The van der Waals surface area contributed by atoms with E-state index in [0.29, 0.717) is 5.56 Å². The Labute approximate surface area is 103 Å². The average Bonchev–Trinajstić information content (AvgIpc) is 2.21. The summed E-state index contributed by atoms with van der Waals surface area (Å²) in [5.41, 5.74) is 0.456. The third-order valence-electron chi connectivity index (χ3n) is 2.31. The van der Waals surface area contributed by atoms with Crippen LogP contribution in [0.15, 0.2) is 21.5 Å². The Morgan fingerprint density at radius 2 is 2.06 bits per heavy atom. The highest BCUT2D eigenvalue weighted by molar-refractivity contribution is 9.10. The second kappa shape index (κ2) is 5.14. The van der Waals surface area contributed by atoms with Crippen LogP contribution in [-0.4, -0.2) is 24.5 Å². The van der Waals surface area contributed by atoms with Gasteiger partial charge in [0.2, 0.25) is 0 Å². The maximum atomic E-state index is 11.7. The molecule has 0 atom stereocenters. The minimum atomic E-state index is -3.04. The van der Waals surface area contributed by atoms with Crippen LogP contribution in [0.5, 0.6) is 0 Å². The summed E-state index contributed by atoms with van der Waals surface area (Å²) in [7, 11) is -3.04. The van der Waals surface area contributed by atoms with Gasteiger partial charge in [-0.05, 0) is 28.9 Å². The Morgan fingerprint density at radius 1 is 1.44 bits per heavy atom. The minimum absolute atomic E-state index is 0.000694. The molecule has 0 amide bonds. The van der Waals surface area contributed by atoms with Gasteiger partial charge < -0.3 is 4.57 Å². The van der Waals surface area contributed by atoms with Gasteiger partial charge in [0.15, 0.2) is 9.84 Å². The predicted octanol–water partition coefficient (Wildman–Crippen LogP) is 1.35. The van der Waals surface area contributed by atoms with Crippen LogP contribution in [0.1, 0.15) is 12.5 Å². The highest BCUT2D eigenvalue weighted by atomic mass is 79.9. The van der Waals surface area contributed by atoms with Gasteiger partial charge in [-0.1, -0.05) is 6.92 Å². The molecule has 0 fully saturated rings. The Hall–Kier alpha value is -0.620. The van der Waals surface area contributed by atoms with E-state index < -0.39 is 9.84 Å². The predicted molar refractivity (Wildman–Crippen MR) is 67.5 cm³/mol. The number of rotatable bonds is 4. The molecular weight excluding hydrogens is 294 g/mol. The molecule has 0 saturated carbocycles. The molecule has 4 nitrogen and oxygen atoms in total. The maximum absolute atomic E-state index is 11.7. The lowest BCUT2D eigenvalue weighted by Crippen LogP contribution is -2.25. The van der Waals surface area contributed by atoms with Crippen LogP contribution in [0, 0.1) is 6.92 Å². The Morgan fingerprint density at radius 3 is 2.62 bits per heavy atom. The van der Waals surface area contributed by atoms with Gasteiger partial charge in [0, 0.05) is 28.5 Å². The number of sulfone groups is 1. The number of aromatic nitrogens is 1. The average molecular weight is 308 g/mol. The van der Waals surface area contributed by atoms with Gasteiger partial charge >= 0.3 is 0 Å². The van der Waals surface area contributed by atoms with Crippen LogP contribution in [0.2, 0.25) is 0 Å². The largest absolute Gasteiger partial charge is 0.313 e. The topological polar surface area (TPSA) is 56.1 Å². The van der Waals surface area contributed by atoms with Crippen molar-refractivity contribution in [2.75, 3.05) is 11.5 Å². The second-order valence-electron chi connectivity index (χ2n) is 3.58. The molecule has 0 aliphatic rings. The summed E-state index contributed by atoms with van der Waals surface area (Å²) < 4.78 is 24.9. The Balaban J connectivity index is 2.95. The molecule has 0 aliphatic carbocycles. The van der Waals surface area contributed by atoms with Crippen LogP contribution >= 0.6 is 15.9 Å². The summed E-state index contributed by atoms with van der Waals surface area (Å²) in [5, 5.41) is 0. The molecule has 0 aromatic carbocycles. The molecule has 0 unspecified atom stereocenters. The zero-order valence-electron chi connectivity index (χ0n) is 9.23. The van der Waals surface area contributed by atoms with E-state index in [-0.39, 0.29) is 23.6 Å². The Kier molecular flexibility index (Phi) is 4.32. The number of pyridine rings is 1. The normalized spacial score (nSPS) is 11.7.